The van der Waals surface area contributed by atoms with Gasteiger partial charge in [-0.1, -0.05) is 13.0 Å². The van der Waals surface area contributed by atoms with Crippen LogP contribution in [0.1, 0.15) is 63.5 Å². The number of carbonyl (C=O) groups is 1. The van der Waals surface area contributed by atoms with Crippen molar-refractivity contribution in [2.75, 3.05) is 5.32 Å². The molecule has 2 atom stereocenters. The summed E-state index contributed by atoms with van der Waals surface area (Å²) < 4.78 is 26.5. The van der Waals surface area contributed by atoms with Gasteiger partial charge in [-0.2, -0.15) is 0 Å². The maximum absolute atomic E-state index is 14.4. The maximum Gasteiger partial charge on any atom is 0.410 e. The van der Waals surface area contributed by atoms with Gasteiger partial charge in [-0.15, -0.1) is 0 Å². The van der Waals surface area contributed by atoms with E-state index >= 15 is 0 Å². The normalized spacial score (nSPS) is 25.0. The van der Waals surface area contributed by atoms with E-state index in [2.05, 4.69) is 15.3 Å². The number of fused-ring (bicyclic) bond motifs is 2. The lowest BCUT2D eigenvalue weighted by Gasteiger charge is -2.38. The molecule has 176 valence electrons. The molecule has 3 heterocycles. The van der Waals surface area contributed by atoms with Crippen LogP contribution in [0.5, 0.6) is 5.88 Å². The Kier molecular flexibility index (Phi) is 5.62. The first-order valence-corrected chi connectivity index (χ1v) is 11.9. The molecule has 3 aliphatic rings. The van der Waals surface area contributed by atoms with E-state index in [4.69, 9.17) is 9.47 Å². The first kappa shape index (κ1) is 21.9. The third kappa shape index (κ3) is 4.48. The molecule has 2 unspecified atom stereocenters. The highest BCUT2D eigenvalue weighted by atomic mass is 19.1. The number of anilines is 2. The van der Waals surface area contributed by atoms with E-state index in [0.717, 1.165) is 56.1 Å². The van der Waals surface area contributed by atoms with Crippen molar-refractivity contribution in [1.29, 1.82) is 0 Å². The van der Waals surface area contributed by atoms with Gasteiger partial charge in [0.15, 0.2) is 0 Å². The first-order valence-electron chi connectivity index (χ1n) is 11.9. The number of ether oxygens (including phenoxy) is 2. The molecule has 5 rings (SSSR count). The lowest BCUT2D eigenvalue weighted by molar-refractivity contribution is 0.0115. The van der Waals surface area contributed by atoms with Crippen LogP contribution in [0.25, 0.3) is 0 Å². The van der Waals surface area contributed by atoms with Gasteiger partial charge in [-0.25, -0.2) is 19.2 Å². The van der Waals surface area contributed by atoms with Crippen molar-refractivity contribution in [2.45, 2.75) is 89.5 Å². The van der Waals surface area contributed by atoms with Gasteiger partial charge in [0.25, 0.3) is 0 Å². The van der Waals surface area contributed by atoms with Crippen LogP contribution in [0.4, 0.5) is 20.7 Å². The van der Waals surface area contributed by atoms with E-state index in [1.54, 1.807) is 6.07 Å². The highest BCUT2D eigenvalue weighted by Crippen LogP contribution is 2.43. The van der Waals surface area contributed by atoms with Gasteiger partial charge in [-0.3, -0.25) is 0 Å². The summed E-state index contributed by atoms with van der Waals surface area (Å²) in [6.45, 7) is 5.86. The largest absolute Gasteiger partial charge is 0.474 e. The summed E-state index contributed by atoms with van der Waals surface area (Å²) in [6.07, 6.45) is 7.33. The van der Waals surface area contributed by atoms with Crippen LogP contribution in [0, 0.1) is 12.7 Å². The minimum Gasteiger partial charge on any atom is -0.474 e. The summed E-state index contributed by atoms with van der Waals surface area (Å²) in [4.78, 5) is 23.3. The number of benzene rings is 1. The monoisotopic (exact) mass is 454 g/mol. The van der Waals surface area contributed by atoms with Crippen LogP contribution in [-0.4, -0.2) is 44.7 Å². The summed E-state index contributed by atoms with van der Waals surface area (Å²) in [6, 6.07) is 5.43. The van der Waals surface area contributed by atoms with Gasteiger partial charge in [0, 0.05) is 24.9 Å². The second-order valence-corrected chi connectivity index (χ2v) is 9.77. The van der Waals surface area contributed by atoms with Crippen molar-refractivity contribution < 1.29 is 18.7 Å². The van der Waals surface area contributed by atoms with E-state index in [1.807, 2.05) is 31.7 Å². The van der Waals surface area contributed by atoms with Crippen molar-refractivity contribution >= 4 is 17.6 Å². The van der Waals surface area contributed by atoms with E-state index in [-0.39, 0.29) is 35.7 Å². The number of hydrogen-bond donors (Lipinski definition) is 1. The Balaban J connectivity index is 1.26. The number of amides is 1. The zero-order valence-electron chi connectivity index (χ0n) is 19.4. The summed E-state index contributed by atoms with van der Waals surface area (Å²) in [5.41, 5.74) is 1.78. The molecule has 2 saturated heterocycles. The van der Waals surface area contributed by atoms with Gasteiger partial charge in [0.05, 0.1) is 11.3 Å². The number of nitrogens with zero attached hydrogens (tertiary/aromatic N) is 3. The van der Waals surface area contributed by atoms with Crippen LogP contribution >= 0.6 is 0 Å². The van der Waals surface area contributed by atoms with Crippen molar-refractivity contribution in [3.05, 3.63) is 41.5 Å². The molecule has 1 N–H and O–H groups in total. The molecule has 1 aromatic carbocycles. The third-order valence-corrected chi connectivity index (χ3v) is 7.20. The fourth-order valence-electron chi connectivity index (χ4n) is 4.91. The smallest absolute Gasteiger partial charge is 0.410 e. The van der Waals surface area contributed by atoms with Crippen LogP contribution in [-0.2, 0) is 11.2 Å². The molecule has 0 spiro atoms. The average molecular weight is 455 g/mol. The Labute approximate surface area is 193 Å². The second kappa shape index (κ2) is 8.47. The third-order valence-electron chi connectivity index (χ3n) is 7.20. The van der Waals surface area contributed by atoms with E-state index in [1.165, 1.54) is 12.4 Å². The molecule has 2 aliphatic heterocycles. The molecule has 2 aromatic rings. The van der Waals surface area contributed by atoms with E-state index in [9.17, 15) is 9.18 Å². The van der Waals surface area contributed by atoms with E-state index < -0.39 is 0 Å². The maximum atomic E-state index is 14.4. The van der Waals surface area contributed by atoms with Crippen molar-refractivity contribution in [2.24, 2.45) is 0 Å². The fourth-order valence-corrected chi connectivity index (χ4v) is 4.91. The lowest BCUT2D eigenvalue weighted by Crippen LogP contribution is -2.50. The number of rotatable bonds is 6. The second-order valence-electron chi connectivity index (χ2n) is 9.77. The van der Waals surface area contributed by atoms with Gasteiger partial charge < -0.3 is 19.7 Å². The van der Waals surface area contributed by atoms with Crippen LogP contribution in [0.3, 0.4) is 0 Å². The van der Waals surface area contributed by atoms with Gasteiger partial charge in [0.1, 0.15) is 29.7 Å². The Hall–Kier alpha value is -2.90. The number of carbonyl (C=O) groups excluding carboxylic acids is 1. The lowest BCUT2D eigenvalue weighted by atomic mass is 10.0. The number of nitrogens with one attached hydrogen (secondary N) is 1. The van der Waals surface area contributed by atoms with Crippen molar-refractivity contribution in [3.8, 4) is 5.88 Å². The summed E-state index contributed by atoms with van der Waals surface area (Å²) in [5.74, 6) is 0.694. The molecule has 0 radical (unpaired) electrons. The standard InChI is InChI=1S/C25H31FN4O3/c1-4-16-5-8-21(20(26)11-16)29-22-15(2)23(28-14-27-22)32-19-12-17-6-7-18(13-19)30(17)24(31)33-25(3)9-10-25/h5,8,11,14,17-19H,4,6-7,9-10,12-13H2,1-3H3,(H,27,28,29). The van der Waals surface area contributed by atoms with Crippen molar-refractivity contribution in [3.63, 3.8) is 0 Å². The Bertz CT molecular complexity index is 1040. The average Bonchev–Trinajstić information content (AvgIpc) is 3.44. The summed E-state index contributed by atoms with van der Waals surface area (Å²) >= 11 is 0. The van der Waals surface area contributed by atoms with Crippen molar-refractivity contribution in [1.82, 2.24) is 14.9 Å². The quantitative estimate of drug-likeness (QED) is 0.639. The van der Waals surface area contributed by atoms with Gasteiger partial charge in [0.2, 0.25) is 5.88 Å². The summed E-state index contributed by atoms with van der Waals surface area (Å²) in [7, 11) is 0. The molecule has 1 saturated carbocycles. The zero-order valence-corrected chi connectivity index (χ0v) is 19.4. The highest BCUT2D eigenvalue weighted by molar-refractivity contribution is 5.70. The number of aryl methyl sites for hydroxylation is 1. The van der Waals surface area contributed by atoms with Crippen LogP contribution in [0.15, 0.2) is 24.5 Å². The minimum atomic E-state index is -0.314. The molecule has 1 amide bonds. The predicted molar refractivity (Wildman–Crippen MR) is 122 cm³/mol. The Morgan fingerprint density at radius 2 is 1.97 bits per heavy atom. The molecule has 8 heteroatoms. The highest BCUT2D eigenvalue weighted by Gasteiger charge is 2.49. The first-order chi connectivity index (χ1) is 15.8. The molecule has 2 bridgehead atoms. The molecular weight excluding hydrogens is 423 g/mol. The molecule has 7 nitrogen and oxygen atoms in total. The minimum absolute atomic E-state index is 0.0370. The Morgan fingerprint density at radius 1 is 1.24 bits per heavy atom. The molecule has 3 fully saturated rings. The van der Waals surface area contributed by atoms with Gasteiger partial charge in [-0.05, 0) is 63.6 Å². The van der Waals surface area contributed by atoms with Crippen LogP contribution < -0.4 is 10.1 Å². The summed E-state index contributed by atoms with van der Waals surface area (Å²) in [5, 5.41) is 3.07. The predicted octanol–water partition coefficient (Wildman–Crippen LogP) is 5.29. The Morgan fingerprint density at radius 3 is 2.61 bits per heavy atom. The van der Waals surface area contributed by atoms with Gasteiger partial charge >= 0.3 is 6.09 Å². The zero-order chi connectivity index (χ0) is 23.2. The number of hydrogen-bond acceptors (Lipinski definition) is 6. The molecule has 1 aliphatic carbocycles. The number of piperidine rings is 1. The molecular formula is C25H31FN4O3. The number of aromatic nitrogens is 2. The molecule has 33 heavy (non-hydrogen) atoms. The fraction of sp³-hybridized carbons (Fsp3) is 0.560. The van der Waals surface area contributed by atoms with E-state index in [0.29, 0.717) is 17.4 Å². The molecule has 1 aromatic heterocycles. The SMILES string of the molecule is CCc1ccc(Nc2ncnc(OC3CC4CCC(C3)N4C(=O)OC3(C)CC3)c2C)c(F)c1. The topological polar surface area (TPSA) is 76.6 Å². The number of halogens is 1. The van der Waals surface area contributed by atoms with Crippen LogP contribution in [0.2, 0.25) is 0 Å².